The molecular weight excluding hydrogens is 300 g/mol. The number of para-hydroxylation sites is 1. The zero-order chi connectivity index (χ0) is 14.8. The molecule has 5 nitrogen and oxygen atoms in total. The maximum atomic E-state index is 12.1. The second-order valence-corrected chi connectivity index (χ2v) is 6.49. The van der Waals surface area contributed by atoms with E-state index < -0.39 is 21.2 Å². The molecule has 0 radical (unpaired) electrons. The Morgan fingerprint density at radius 3 is 2.25 bits per heavy atom. The highest BCUT2D eigenvalue weighted by Gasteiger charge is 2.18. The van der Waals surface area contributed by atoms with Gasteiger partial charge in [-0.1, -0.05) is 29.8 Å². The van der Waals surface area contributed by atoms with Gasteiger partial charge >= 0.3 is 10.1 Å². The lowest BCUT2D eigenvalue weighted by Gasteiger charge is -2.12. The highest BCUT2D eigenvalue weighted by molar-refractivity contribution is 7.87. The summed E-state index contributed by atoms with van der Waals surface area (Å²) in [4.78, 5) is -0.238. The van der Waals surface area contributed by atoms with Crippen molar-refractivity contribution >= 4 is 21.2 Å². The van der Waals surface area contributed by atoms with Crippen LogP contribution < -0.4 is 4.18 Å². The van der Waals surface area contributed by atoms with Crippen molar-refractivity contribution in [1.29, 1.82) is 0 Å². The molecule has 0 heterocycles. The average Bonchev–Trinajstić information content (AvgIpc) is 2.39. The molecule has 0 N–H and O–H groups in total. The molecule has 0 aromatic heterocycles. The lowest BCUT2D eigenvalue weighted by atomic mass is 10.2. The molecule has 0 spiro atoms. The van der Waals surface area contributed by atoms with Crippen LogP contribution in [-0.2, 0) is 21.2 Å². The Morgan fingerprint density at radius 2 is 1.65 bits per heavy atom. The normalized spacial score (nSPS) is 12.9. The second kappa shape index (κ2) is 5.74. The van der Waals surface area contributed by atoms with Gasteiger partial charge in [0.2, 0.25) is 0 Å². The molecule has 1 atom stereocenters. The number of benzene rings is 2. The van der Waals surface area contributed by atoms with E-state index in [2.05, 4.69) is 0 Å². The van der Waals surface area contributed by atoms with Crippen LogP contribution in [0.3, 0.4) is 0 Å². The van der Waals surface area contributed by atoms with E-state index in [1.54, 1.807) is 12.1 Å². The van der Waals surface area contributed by atoms with E-state index in [0.29, 0.717) is 0 Å². The Balaban J connectivity index is 2.38. The lowest BCUT2D eigenvalue weighted by molar-refractivity contribution is 0.476. The van der Waals surface area contributed by atoms with Crippen LogP contribution in [-0.4, -0.2) is 17.2 Å². The average molecular weight is 311 g/mol. The van der Waals surface area contributed by atoms with Crippen molar-refractivity contribution in [3.05, 3.63) is 54.1 Å². The first kappa shape index (κ1) is 14.7. The quantitative estimate of drug-likeness (QED) is 0.637. The van der Waals surface area contributed by atoms with Crippen LogP contribution in [0.25, 0.3) is 0 Å². The minimum absolute atomic E-state index is 0.0328. The van der Waals surface area contributed by atoms with E-state index in [0.717, 1.165) is 5.56 Å². The predicted octanol–water partition coefficient (Wildman–Crippen LogP) is 2.00. The van der Waals surface area contributed by atoms with Gasteiger partial charge in [-0.3, -0.25) is 4.21 Å². The molecule has 0 bridgehead atoms. The summed E-state index contributed by atoms with van der Waals surface area (Å²) in [5, 5.41) is 0. The maximum Gasteiger partial charge on any atom is 0.339 e. The summed E-state index contributed by atoms with van der Waals surface area (Å²) in [5.41, 5.74) is 0.907. The van der Waals surface area contributed by atoms with E-state index in [-0.39, 0.29) is 15.5 Å². The van der Waals surface area contributed by atoms with E-state index in [9.17, 15) is 17.2 Å². The molecule has 0 aliphatic rings. The first-order valence-corrected chi connectivity index (χ1v) is 8.08. The molecule has 0 aliphatic heterocycles. The smallest absolute Gasteiger partial charge is 0.339 e. The first-order chi connectivity index (χ1) is 9.40. The molecule has 20 heavy (non-hydrogen) atoms. The van der Waals surface area contributed by atoms with Crippen LogP contribution in [0, 0.1) is 6.92 Å². The van der Waals surface area contributed by atoms with Crippen LogP contribution in [0.15, 0.2) is 58.3 Å². The summed E-state index contributed by atoms with van der Waals surface area (Å²) < 4.78 is 51.1. The fourth-order valence-electron chi connectivity index (χ4n) is 1.53. The summed E-state index contributed by atoms with van der Waals surface area (Å²) >= 11 is -2.57. The molecule has 2 aromatic rings. The molecule has 1 unspecified atom stereocenters. The molecule has 7 heteroatoms. The third-order valence-electron chi connectivity index (χ3n) is 2.54. The van der Waals surface area contributed by atoms with Gasteiger partial charge in [-0.15, -0.1) is 0 Å². The van der Waals surface area contributed by atoms with Crippen molar-refractivity contribution in [1.82, 2.24) is 0 Å². The number of hydrogen-bond acceptors (Lipinski definition) is 5. The summed E-state index contributed by atoms with van der Waals surface area (Å²) in [7, 11) is -4.06. The summed E-state index contributed by atoms with van der Waals surface area (Å²) in [6.45, 7) is 1.83. The van der Waals surface area contributed by atoms with Gasteiger partial charge in [0, 0.05) is 0 Å². The van der Waals surface area contributed by atoms with Crippen molar-refractivity contribution in [3.63, 3.8) is 0 Å². The molecule has 0 fully saturated rings. The third-order valence-corrected chi connectivity index (χ3v) is 4.48. The van der Waals surface area contributed by atoms with Crippen LogP contribution in [0.5, 0.6) is 5.75 Å². The first-order valence-electron chi connectivity index (χ1n) is 5.59. The zero-order valence-corrected chi connectivity index (χ0v) is 12.1. The molecule has 2 rings (SSSR count). The summed E-state index contributed by atoms with van der Waals surface area (Å²) in [5.74, 6) is -0.221. The molecule has 0 saturated carbocycles. The monoisotopic (exact) mass is 311 g/mol. The lowest BCUT2D eigenvalue weighted by Crippen LogP contribution is -2.11. The fraction of sp³-hybridized carbons (Fsp3) is 0.0769. The van der Waals surface area contributed by atoms with Gasteiger partial charge in [0.1, 0.15) is 4.90 Å². The van der Waals surface area contributed by atoms with Crippen molar-refractivity contribution < 1.29 is 21.4 Å². The predicted molar refractivity (Wildman–Crippen MR) is 72.6 cm³/mol. The minimum atomic E-state index is -4.06. The van der Waals surface area contributed by atoms with Crippen molar-refractivity contribution in [2.75, 3.05) is 0 Å². The molecule has 2 aromatic carbocycles. The molecule has 0 saturated heterocycles. The SMILES string of the molecule is Cc1ccc(S(=O)(=O)Oc2ccccc2S(=O)[O-])cc1. The van der Waals surface area contributed by atoms with Crippen molar-refractivity contribution in [2.24, 2.45) is 0 Å². The highest BCUT2D eigenvalue weighted by Crippen LogP contribution is 2.25. The minimum Gasteiger partial charge on any atom is -0.768 e. The Labute approximate surface area is 119 Å². The van der Waals surface area contributed by atoms with Crippen LogP contribution in [0.2, 0.25) is 0 Å². The standard InChI is InChI=1S/C13H12O5S2/c1-10-6-8-11(9-7-10)20(16,17)18-12-4-2-3-5-13(12)19(14)15/h2-9H,1H3,(H,14,15)/p-1. The number of hydrogen-bond donors (Lipinski definition) is 0. The van der Waals surface area contributed by atoms with E-state index in [1.165, 1.54) is 36.4 Å². The Bertz CT molecular complexity index is 736. The number of rotatable bonds is 4. The number of aryl methyl sites for hydroxylation is 1. The van der Waals surface area contributed by atoms with Crippen LogP contribution in [0.4, 0.5) is 0 Å². The van der Waals surface area contributed by atoms with Crippen LogP contribution in [0.1, 0.15) is 5.56 Å². The van der Waals surface area contributed by atoms with Gasteiger partial charge in [-0.2, -0.15) is 8.42 Å². The molecule has 0 aliphatic carbocycles. The van der Waals surface area contributed by atoms with Gasteiger partial charge in [-0.05, 0) is 42.3 Å². The molecule has 0 amide bonds. The Hall–Kier alpha value is -1.70. The highest BCUT2D eigenvalue weighted by atomic mass is 32.2. The van der Waals surface area contributed by atoms with E-state index in [1.807, 2.05) is 6.92 Å². The molecular formula is C13H11O5S2-. The Morgan fingerprint density at radius 1 is 1.05 bits per heavy atom. The van der Waals surface area contributed by atoms with Crippen molar-refractivity contribution in [2.45, 2.75) is 16.7 Å². The summed E-state index contributed by atoms with van der Waals surface area (Å²) in [6, 6.07) is 11.6. The summed E-state index contributed by atoms with van der Waals surface area (Å²) in [6.07, 6.45) is 0. The van der Waals surface area contributed by atoms with Gasteiger partial charge in [-0.25, -0.2) is 0 Å². The third kappa shape index (κ3) is 3.24. The molecule has 106 valence electrons. The van der Waals surface area contributed by atoms with Gasteiger partial charge < -0.3 is 8.74 Å². The largest absolute Gasteiger partial charge is 0.768 e. The zero-order valence-electron chi connectivity index (χ0n) is 10.5. The topological polar surface area (TPSA) is 83.5 Å². The van der Waals surface area contributed by atoms with E-state index in [4.69, 9.17) is 4.18 Å². The fourth-order valence-corrected chi connectivity index (χ4v) is 2.99. The van der Waals surface area contributed by atoms with Gasteiger partial charge in [0.05, 0.1) is 4.90 Å². The van der Waals surface area contributed by atoms with Gasteiger partial charge in [0.15, 0.2) is 5.75 Å². The van der Waals surface area contributed by atoms with Crippen LogP contribution >= 0.6 is 0 Å². The van der Waals surface area contributed by atoms with E-state index >= 15 is 0 Å². The van der Waals surface area contributed by atoms with Crippen molar-refractivity contribution in [3.8, 4) is 5.75 Å². The Kier molecular flexibility index (Phi) is 4.22. The van der Waals surface area contributed by atoms with Gasteiger partial charge in [0.25, 0.3) is 0 Å². The maximum absolute atomic E-state index is 12.1. The second-order valence-electron chi connectivity index (χ2n) is 4.03.